The number of hydrogen-bond donors (Lipinski definition) is 1. The van der Waals surface area contributed by atoms with Gasteiger partial charge in [-0.1, -0.05) is 15.9 Å². The van der Waals surface area contributed by atoms with Crippen LogP contribution >= 0.6 is 15.9 Å². The molecule has 1 aromatic rings. The molecular weight excluding hydrogens is 345 g/mol. The van der Waals surface area contributed by atoms with Gasteiger partial charge in [-0.2, -0.15) is 0 Å². The Morgan fingerprint density at radius 1 is 1.47 bits per heavy atom. The van der Waals surface area contributed by atoms with Crippen LogP contribution in [0.15, 0.2) is 6.20 Å². The van der Waals surface area contributed by atoms with E-state index in [9.17, 15) is 26.7 Å². The lowest BCUT2D eigenvalue weighted by Crippen LogP contribution is -2.20. The van der Waals surface area contributed by atoms with Crippen LogP contribution in [0.5, 0.6) is 5.75 Å². The summed E-state index contributed by atoms with van der Waals surface area (Å²) in [4.78, 5) is 13.9. The Balaban J connectivity index is 3.46. The van der Waals surface area contributed by atoms with E-state index in [2.05, 4.69) is 25.7 Å². The van der Waals surface area contributed by atoms with Crippen molar-refractivity contribution in [2.24, 2.45) is 0 Å². The fourth-order valence-electron chi connectivity index (χ4n) is 1.31. The average molecular weight is 350 g/mol. The average Bonchev–Trinajstić information content (AvgIpc) is 2.25. The molecule has 106 valence electrons. The summed E-state index contributed by atoms with van der Waals surface area (Å²) in [6.07, 6.45) is -8.21. The van der Waals surface area contributed by atoms with Crippen molar-refractivity contribution in [2.75, 3.05) is 0 Å². The molecular formula is C9H5BrF5NO3. The lowest BCUT2D eigenvalue weighted by molar-refractivity contribution is -0.275. The second-order valence-electron chi connectivity index (χ2n) is 3.15. The van der Waals surface area contributed by atoms with Gasteiger partial charge in [0.05, 0.1) is 11.8 Å². The van der Waals surface area contributed by atoms with Gasteiger partial charge in [-0.25, -0.2) is 18.6 Å². The van der Waals surface area contributed by atoms with E-state index in [0.29, 0.717) is 6.20 Å². The molecule has 1 aromatic heterocycles. The number of aromatic nitrogens is 1. The molecule has 0 saturated carbocycles. The van der Waals surface area contributed by atoms with Crippen molar-refractivity contribution in [3.05, 3.63) is 23.0 Å². The molecule has 0 saturated heterocycles. The smallest absolute Gasteiger partial charge is 0.477 e. The summed E-state index contributed by atoms with van der Waals surface area (Å²) in [6, 6.07) is 0. The number of aromatic carboxylic acids is 1. The monoisotopic (exact) mass is 349 g/mol. The quantitative estimate of drug-likeness (QED) is 0.667. The first-order valence-electron chi connectivity index (χ1n) is 4.52. The number of pyridine rings is 1. The van der Waals surface area contributed by atoms with Crippen LogP contribution < -0.4 is 4.74 Å². The molecule has 0 radical (unpaired) electrons. The van der Waals surface area contributed by atoms with Crippen molar-refractivity contribution in [3.8, 4) is 5.75 Å². The zero-order valence-electron chi connectivity index (χ0n) is 8.84. The maximum absolute atomic E-state index is 12.8. The Morgan fingerprint density at radius 2 is 2.05 bits per heavy atom. The SMILES string of the molecule is O=C(O)c1ncc(OC(F)(F)F)c(C(F)F)c1CBr. The van der Waals surface area contributed by atoms with Crippen molar-refractivity contribution in [2.45, 2.75) is 18.1 Å². The Bertz CT molecular complexity index is 491. The maximum atomic E-state index is 12.8. The van der Waals surface area contributed by atoms with Gasteiger partial charge in [0.25, 0.3) is 6.43 Å². The van der Waals surface area contributed by atoms with E-state index in [1.54, 1.807) is 0 Å². The van der Waals surface area contributed by atoms with Crippen LogP contribution in [-0.4, -0.2) is 22.4 Å². The molecule has 0 spiro atoms. The highest BCUT2D eigenvalue weighted by Gasteiger charge is 2.35. The fourth-order valence-corrected chi connectivity index (χ4v) is 1.88. The largest absolute Gasteiger partial charge is 0.573 e. The standard InChI is InChI=1S/C9H5BrF5NO3/c10-1-3-5(7(11)12)4(19-9(13,14)15)2-16-6(3)8(17)18/h2,7H,1H2,(H,17,18). The van der Waals surface area contributed by atoms with E-state index in [-0.39, 0.29) is 0 Å². The van der Waals surface area contributed by atoms with Crippen LogP contribution in [0.3, 0.4) is 0 Å². The number of carboxylic acids is 1. The predicted molar refractivity (Wildman–Crippen MR) is 55.5 cm³/mol. The molecule has 0 aromatic carbocycles. The minimum absolute atomic E-state index is 0.310. The Morgan fingerprint density at radius 3 is 2.42 bits per heavy atom. The summed E-state index contributed by atoms with van der Waals surface area (Å²) in [5, 5.41) is 8.33. The third kappa shape index (κ3) is 3.75. The van der Waals surface area contributed by atoms with E-state index in [4.69, 9.17) is 5.11 Å². The topological polar surface area (TPSA) is 59.4 Å². The van der Waals surface area contributed by atoms with Crippen molar-refractivity contribution in [1.29, 1.82) is 0 Å². The number of nitrogens with zero attached hydrogens (tertiary/aromatic N) is 1. The van der Waals surface area contributed by atoms with Gasteiger partial charge >= 0.3 is 12.3 Å². The second-order valence-corrected chi connectivity index (χ2v) is 3.71. The van der Waals surface area contributed by atoms with Crippen molar-refractivity contribution in [3.63, 3.8) is 0 Å². The third-order valence-electron chi connectivity index (χ3n) is 1.97. The molecule has 0 unspecified atom stereocenters. The van der Waals surface area contributed by atoms with Gasteiger partial charge in [0.15, 0.2) is 11.4 Å². The van der Waals surface area contributed by atoms with Crippen LogP contribution in [-0.2, 0) is 5.33 Å². The molecule has 0 aliphatic rings. The van der Waals surface area contributed by atoms with Gasteiger partial charge in [-0.05, 0) is 0 Å². The molecule has 4 nitrogen and oxygen atoms in total. The lowest BCUT2D eigenvalue weighted by Gasteiger charge is -2.16. The summed E-state index contributed by atoms with van der Waals surface area (Å²) < 4.78 is 65.2. The first-order chi connectivity index (χ1) is 8.67. The molecule has 0 amide bonds. The fraction of sp³-hybridized carbons (Fsp3) is 0.333. The second kappa shape index (κ2) is 5.68. The van der Waals surface area contributed by atoms with Crippen molar-refractivity contribution in [1.82, 2.24) is 4.98 Å². The van der Waals surface area contributed by atoms with Crippen LogP contribution in [0.2, 0.25) is 0 Å². The summed E-state index contributed by atoms with van der Waals surface area (Å²) in [6.45, 7) is 0. The van der Waals surface area contributed by atoms with Gasteiger partial charge in [0.1, 0.15) is 0 Å². The first-order valence-corrected chi connectivity index (χ1v) is 5.64. The zero-order valence-corrected chi connectivity index (χ0v) is 10.4. The summed E-state index contributed by atoms with van der Waals surface area (Å²) in [5.74, 6) is -2.85. The maximum Gasteiger partial charge on any atom is 0.573 e. The van der Waals surface area contributed by atoms with Gasteiger partial charge in [0, 0.05) is 10.9 Å². The summed E-state index contributed by atoms with van der Waals surface area (Å²) in [7, 11) is 0. The molecule has 0 fully saturated rings. The van der Waals surface area contributed by atoms with E-state index in [1.165, 1.54) is 0 Å². The number of ether oxygens (including phenoxy) is 1. The first kappa shape index (κ1) is 15.6. The predicted octanol–water partition coefficient (Wildman–Crippen LogP) is 3.51. The number of hydrogen-bond acceptors (Lipinski definition) is 3. The number of halogens is 6. The Kier molecular flexibility index (Phi) is 4.66. The molecule has 19 heavy (non-hydrogen) atoms. The minimum Gasteiger partial charge on any atom is -0.477 e. The molecule has 10 heteroatoms. The highest BCUT2D eigenvalue weighted by Crippen LogP contribution is 2.36. The molecule has 0 bridgehead atoms. The molecule has 1 heterocycles. The van der Waals surface area contributed by atoms with Crippen LogP contribution in [0, 0.1) is 0 Å². The molecule has 0 atom stereocenters. The number of carboxylic acid groups (broad SMARTS) is 1. The van der Waals surface area contributed by atoms with E-state index >= 15 is 0 Å². The van der Waals surface area contributed by atoms with Crippen LogP contribution in [0.4, 0.5) is 22.0 Å². The Hall–Kier alpha value is -1.45. The van der Waals surface area contributed by atoms with Gasteiger partial charge in [-0.15, -0.1) is 13.2 Å². The highest BCUT2D eigenvalue weighted by atomic mass is 79.9. The van der Waals surface area contributed by atoms with E-state index < -0.39 is 46.7 Å². The summed E-state index contributed by atoms with van der Waals surface area (Å²) in [5.41, 5.74) is -2.48. The molecule has 0 aliphatic carbocycles. The third-order valence-corrected chi connectivity index (χ3v) is 2.53. The van der Waals surface area contributed by atoms with Crippen molar-refractivity contribution >= 4 is 21.9 Å². The Labute approximate surface area is 111 Å². The van der Waals surface area contributed by atoms with Gasteiger partial charge in [-0.3, -0.25) is 0 Å². The number of rotatable bonds is 4. The molecule has 1 N–H and O–H groups in total. The number of alkyl halides is 6. The van der Waals surface area contributed by atoms with Crippen LogP contribution in [0.1, 0.15) is 28.0 Å². The van der Waals surface area contributed by atoms with Gasteiger partial charge in [0.2, 0.25) is 0 Å². The minimum atomic E-state index is -5.18. The lowest BCUT2D eigenvalue weighted by atomic mass is 10.1. The molecule has 1 rings (SSSR count). The van der Waals surface area contributed by atoms with Crippen molar-refractivity contribution < 1.29 is 36.6 Å². The highest BCUT2D eigenvalue weighted by molar-refractivity contribution is 9.08. The summed E-state index contributed by atoms with van der Waals surface area (Å²) >= 11 is 2.74. The van der Waals surface area contributed by atoms with E-state index in [1.807, 2.05) is 0 Å². The van der Waals surface area contributed by atoms with Crippen LogP contribution in [0.25, 0.3) is 0 Å². The molecule has 0 aliphatic heterocycles. The van der Waals surface area contributed by atoms with Gasteiger partial charge < -0.3 is 9.84 Å². The normalized spacial score (nSPS) is 11.7. The number of carbonyl (C=O) groups is 1. The van der Waals surface area contributed by atoms with E-state index in [0.717, 1.165) is 0 Å². The zero-order chi connectivity index (χ0) is 14.8.